The van der Waals surface area contributed by atoms with Gasteiger partial charge in [0.1, 0.15) is 12.0 Å². The highest BCUT2D eigenvalue weighted by atomic mass is 16.3. The molecule has 160 valence electrons. The first-order valence-corrected chi connectivity index (χ1v) is 10.5. The monoisotopic (exact) mass is 418 g/mol. The number of pyridine rings is 1. The number of nitrogens with zero attached hydrogens (tertiary/aromatic N) is 5. The third kappa shape index (κ3) is 5.35. The van der Waals surface area contributed by atoms with Crippen LogP contribution in [-0.2, 0) is 6.42 Å². The number of aliphatic hydroxyl groups is 1. The fourth-order valence-corrected chi connectivity index (χ4v) is 3.65. The molecule has 1 amide bonds. The van der Waals surface area contributed by atoms with Gasteiger partial charge in [0.05, 0.1) is 5.56 Å². The highest BCUT2D eigenvalue weighted by Crippen LogP contribution is 2.20. The van der Waals surface area contributed by atoms with Crippen molar-refractivity contribution in [2.75, 3.05) is 36.0 Å². The van der Waals surface area contributed by atoms with E-state index >= 15 is 0 Å². The van der Waals surface area contributed by atoms with Gasteiger partial charge in [0.2, 0.25) is 5.95 Å². The second-order valence-electron chi connectivity index (χ2n) is 7.41. The lowest BCUT2D eigenvalue weighted by Crippen LogP contribution is -2.48. The smallest absolute Gasteiger partial charge is 0.257 e. The maximum Gasteiger partial charge on any atom is 0.257 e. The van der Waals surface area contributed by atoms with E-state index in [1.807, 2.05) is 30.3 Å². The summed E-state index contributed by atoms with van der Waals surface area (Å²) in [6.45, 7) is 2.88. The standard InChI is InChI=1S/C23H26N6O2/c30-20(10-9-18-6-2-1-3-7-18)27-22(31)19-8-4-11-24-21(19)28-14-16-29(17-15-28)23-25-12-5-13-26-23/h1-8,11-13,20,30H,9-10,14-17H2,(H,27,31). The predicted octanol–water partition coefficient (Wildman–Crippen LogP) is 1.88. The van der Waals surface area contributed by atoms with Gasteiger partial charge in [-0.3, -0.25) is 4.79 Å². The molecule has 3 heterocycles. The lowest BCUT2D eigenvalue weighted by Gasteiger charge is -2.36. The molecule has 0 bridgehead atoms. The number of nitrogens with one attached hydrogen (secondary N) is 1. The number of rotatable bonds is 7. The number of anilines is 2. The minimum atomic E-state index is -0.923. The van der Waals surface area contributed by atoms with Crippen LogP contribution in [0.1, 0.15) is 22.3 Å². The van der Waals surface area contributed by atoms with Crippen molar-refractivity contribution in [2.45, 2.75) is 19.1 Å². The van der Waals surface area contributed by atoms with Crippen LogP contribution in [0.5, 0.6) is 0 Å². The third-order valence-electron chi connectivity index (χ3n) is 5.29. The molecule has 2 aromatic heterocycles. The SMILES string of the molecule is O=C(NC(O)CCc1ccccc1)c1cccnc1N1CCN(c2ncccn2)CC1. The second-order valence-corrected chi connectivity index (χ2v) is 7.41. The van der Waals surface area contributed by atoms with Crippen LogP contribution in [0.2, 0.25) is 0 Å². The number of aliphatic hydroxyl groups excluding tert-OH is 1. The van der Waals surface area contributed by atoms with Crippen LogP contribution in [0.15, 0.2) is 67.1 Å². The van der Waals surface area contributed by atoms with Crippen LogP contribution in [0, 0.1) is 0 Å². The quantitative estimate of drug-likeness (QED) is 0.566. The maximum atomic E-state index is 12.8. The summed E-state index contributed by atoms with van der Waals surface area (Å²) < 4.78 is 0. The van der Waals surface area contributed by atoms with E-state index in [0.29, 0.717) is 43.3 Å². The molecule has 0 saturated carbocycles. The highest BCUT2D eigenvalue weighted by Gasteiger charge is 2.24. The van der Waals surface area contributed by atoms with Crippen molar-refractivity contribution in [3.8, 4) is 0 Å². The Bertz CT molecular complexity index is 978. The van der Waals surface area contributed by atoms with E-state index in [2.05, 4.69) is 30.1 Å². The lowest BCUT2D eigenvalue weighted by molar-refractivity contribution is 0.0766. The first-order valence-electron chi connectivity index (χ1n) is 10.5. The van der Waals surface area contributed by atoms with Gasteiger partial charge in [-0.1, -0.05) is 30.3 Å². The zero-order chi connectivity index (χ0) is 21.5. The van der Waals surface area contributed by atoms with E-state index in [9.17, 15) is 9.90 Å². The van der Waals surface area contributed by atoms with Crippen molar-refractivity contribution in [1.29, 1.82) is 0 Å². The number of amides is 1. The summed E-state index contributed by atoms with van der Waals surface area (Å²) in [5.41, 5.74) is 1.59. The summed E-state index contributed by atoms with van der Waals surface area (Å²) in [7, 11) is 0. The van der Waals surface area contributed by atoms with Crippen molar-refractivity contribution < 1.29 is 9.90 Å². The number of aryl methyl sites for hydroxylation is 1. The molecule has 31 heavy (non-hydrogen) atoms. The zero-order valence-electron chi connectivity index (χ0n) is 17.3. The van der Waals surface area contributed by atoms with Gasteiger partial charge in [-0.2, -0.15) is 0 Å². The van der Waals surface area contributed by atoms with Crippen molar-refractivity contribution in [1.82, 2.24) is 20.3 Å². The molecule has 8 nitrogen and oxygen atoms in total. The van der Waals surface area contributed by atoms with E-state index in [1.54, 1.807) is 36.8 Å². The summed E-state index contributed by atoms with van der Waals surface area (Å²) in [5.74, 6) is 1.02. The predicted molar refractivity (Wildman–Crippen MR) is 119 cm³/mol. The second kappa shape index (κ2) is 9.99. The van der Waals surface area contributed by atoms with Crippen molar-refractivity contribution >= 4 is 17.7 Å². The van der Waals surface area contributed by atoms with Gasteiger partial charge >= 0.3 is 0 Å². The van der Waals surface area contributed by atoms with Crippen molar-refractivity contribution in [2.24, 2.45) is 0 Å². The summed E-state index contributed by atoms with van der Waals surface area (Å²) >= 11 is 0. The Morgan fingerprint density at radius 2 is 1.58 bits per heavy atom. The topological polar surface area (TPSA) is 94.5 Å². The van der Waals surface area contributed by atoms with Crippen LogP contribution >= 0.6 is 0 Å². The van der Waals surface area contributed by atoms with E-state index < -0.39 is 6.23 Å². The molecule has 8 heteroatoms. The van der Waals surface area contributed by atoms with Gasteiger partial charge in [0, 0.05) is 44.8 Å². The largest absolute Gasteiger partial charge is 0.374 e. The summed E-state index contributed by atoms with van der Waals surface area (Å²) in [6.07, 6.45) is 5.36. The van der Waals surface area contributed by atoms with Gasteiger partial charge < -0.3 is 20.2 Å². The van der Waals surface area contributed by atoms with Gasteiger partial charge in [-0.25, -0.2) is 15.0 Å². The molecule has 4 rings (SSSR count). The Morgan fingerprint density at radius 3 is 2.32 bits per heavy atom. The van der Waals surface area contributed by atoms with Crippen LogP contribution < -0.4 is 15.1 Å². The molecule has 1 aromatic carbocycles. The molecule has 1 aliphatic rings. The molecular weight excluding hydrogens is 392 g/mol. The zero-order valence-corrected chi connectivity index (χ0v) is 17.3. The molecule has 1 saturated heterocycles. The minimum absolute atomic E-state index is 0.322. The Hall–Kier alpha value is -3.52. The highest BCUT2D eigenvalue weighted by molar-refractivity contribution is 5.99. The Labute approximate surface area is 181 Å². The molecule has 3 aromatic rings. The molecule has 1 atom stereocenters. The molecule has 2 N–H and O–H groups in total. The fraction of sp³-hybridized carbons (Fsp3) is 0.304. The first-order chi connectivity index (χ1) is 15.2. The molecule has 0 aliphatic carbocycles. The van der Waals surface area contributed by atoms with Gasteiger partial charge in [0.25, 0.3) is 5.91 Å². The molecule has 1 fully saturated rings. The number of hydrogen-bond donors (Lipinski definition) is 2. The Morgan fingerprint density at radius 1 is 0.903 bits per heavy atom. The summed E-state index contributed by atoms with van der Waals surface area (Å²) in [5, 5.41) is 13.0. The van der Waals surface area contributed by atoms with E-state index in [1.165, 1.54) is 0 Å². The Balaban J connectivity index is 1.36. The molecule has 1 unspecified atom stereocenters. The van der Waals surface area contributed by atoms with Crippen LogP contribution in [-0.4, -0.2) is 58.4 Å². The summed E-state index contributed by atoms with van der Waals surface area (Å²) in [6, 6.07) is 15.2. The van der Waals surface area contributed by atoms with Crippen LogP contribution in [0.3, 0.4) is 0 Å². The van der Waals surface area contributed by atoms with Crippen molar-refractivity contribution in [3.63, 3.8) is 0 Å². The number of piperazine rings is 1. The van der Waals surface area contributed by atoms with Gasteiger partial charge in [-0.05, 0) is 36.6 Å². The Kier molecular flexibility index (Phi) is 6.68. The number of carbonyl (C=O) groups excluding carboxylic acids is 1. The molecule has 0 radical (unpaired) electrons. The van der Waals surface area contributed by atoms with Crippen LogP contribution in [0.4, 0.5) is 11.8 Å². The fourth-order valence-electron chi connectivity index (χ4n) is 3.65. The third-order valence-corrected chi connectivity index (χ3v) is 5.29. The van der Waals surface area contributed by atoms with E-state index in [-0.39, 0.29) is 5.91 Å². The van der Waals surface area contributed by atoms with Gasteiger partial charge in [-0.15, -0.1) is 0 Å². The number of hydrogen-bond acceptors (Lipinski definition) is 7. The van der Waals surface area contributed by atoms with Crippen LogP contribution in [0.25, 0.3) is 0 Å². The van der Waals surface area contributed by atoms with Crippen molar-refractivity contribution in [3.05, 3.63) is 78.2 Å². The average molecular weight is 419 g/mol. The number of benzene rings is 1. The molecular formula is C23H26N6O2. The average Bonchev–Trinajstić information content (AvgIpc) is 2.84. The molecule has 1 aliphatic heterocycles. The number of aromatic nitrogens is 3. The summed E-state index contributed by atoms with van der Waals surface area (Å²) in [4.78, 5) is 30.1. The van der Waals surface area contributed by atoms with E-state index in [0.717, 1.165) is 18.7 Å². The van der Waals surface area contributed by atoms with E-state index in [4.69, 9.17) is 0 Å². The first kappa shape index (κ1) is 20.7. The lowest BCUT2D eigenvalue weighted by atomic mass is 10.1. The van der Waals surface area contributed by atoms with Gasteiger partial charge in [0.15, 0.2) is 0 Å². The minimum Gasteiger partial charge on any atom is -0.374 e. The molecule has 0 spiro atoms. The normalized spacial score (nSPS) is 14.9. The number of carbonyl (C=O) groups is 1. The maximum absolute atomic E-state index is 12.8.